The quantitative estimate of drug-likeness (QED) is 0.908. The lowest BCUT2D eigenvalue weighted by Gasteiger charge is -2.10. The van der Waals surface area contributed by atoms with E-state index in [0.717, 1.165) is 28.8 Å². The van der Waals surface area contributed by atoms with Crippen molar-refractivity contribution in [2.24, 2.45) is 0 Å². The van der Waals surface area contributed by atoms with E-state index in [4.69, 9.17) is 4.74 Å². The highest BCUT2D eigenvalue weighted by atomic mass is 79.9. The first kappa shape index (κ1) is 12.2. The molecule has 0 unspecified atom stereocenters. The van der Waals surface area contributed by atoms with Gasteiger partial charge in [0.25, 0.3) is 5.56 Å². The van der Waals surface area contributed by atoms with Gasteiger partial charge in [-0.25, -0.2) is 4.98 Å². The Hall–Kier alpha value is -1.82. The van der Waals surface area contributed by atoms with E-state index in [1.165, 1.54) is 18.0 Å². The predicted octanol–water partition coefficient (Wildman–Crippen LogP) is 2.08. The maximum atomic E-state index is 11.2. The lowest BCUT2D eigenvalue weighted by molar-refractivity contribution is 0.354. The Balaban J connectivity index is 1.82. The number of aromatic amines is 1. The Labute approximate surface area is 118 Å². The second-order valence-electron chi connectivity index (χ2n) is 4.30. The molecule has 5 nitrogen and oxygen atoms in total. The molecule has 0 saturated carbocycles. The summed E-state index contributed by atoms with van der Waals surface area (Å²) >= 11 is 3.50. The second kappa shape index (κ2) is 5.05. The highest BCUT2D eigenvalue weighted by Crippen LogP contribution is 2.33. The third-order valence-corrected chi connectivity index (χ3v) is 3.42. The fraction of sp³-hybridized carbons (Fsp3) is 0.231. The molecule has 0 amide bonds. The molecule has 0 atom stereocenters. The van der Waals surface area contributed by atoms with E-state index >= 15 is 0 Å². The van der Waals surface area contributed by atoms with E-state index < -0.39 is 0 Å². The number of nitrogens with zero attached hydrogens (tertiary/aromatic N) is 1. The number of fused-ring (bicyclic) bond motifs is 1. The van der Waals surface area contributed by atoms with Crippen LogP contribution in [-0.2, 0) is 13.0 Å². The van der Waals surface area contributed by atoms with Gasteiger partial charge in [0.05, 0.1) is 12.9 Å². The zero-order valence-corrected chi connectivity index (χ0v) is 11.7. The number of anilines is 1. The lowest BCUT2D eigenvalue weighted by atomic mass is 10.1. The molecule has 19 heavy (non-hydrogen) atoms. The van der Waals surface area contributed by atoms with Gasteiger partial charge in [0.2, 0.25) is 0 Å². The number of H-pyrrole nitrogens is 1. The van der Waals surface area contributed by atoms with Gasteiger partial charge in [-0.1, -0.05) is 15.9 Å². The van der Waals surface area contributed by atoms with Crippen molar-refractivity contribution < 1.29 is 4.74 Å². The van der Waals surface area contributed by atoms with Crippen LogP contribution in [0, 0.1) is 0 Å². The standard InChI is InChI=1S/C13H12BrN3O2/c14-10-3-8-1-2-19-13(8)9(4-10)6-15-11-5-12(18)17-7-16-11/h3-5,7H,1-2,6H2,(H2,15,16,17,18). The zero-order chi connectivity index (χ0) is 13.2. The summed E-state index contributed by atoms with van der Waals surface area (Å²) in [6.45, 7) is 1.29. The number of halogens is 1. The molecule has 0 bridgehead atoms. The van der Waals surface area contributed by atoms with Gasteiger partial charge in [0.15, 0.2) is 0 Å². The topological polar surface area (TPSA) is 67.0 Å². The maximum absolute atomic E-state index is 11.2. The van der Waals surface area contributed by atoms with Gasteiger partial charge in [-0.05, 0) is 17.7 Å². The van der Waals surface area contributed by atoms with Crippen LogP contribution in [0.25, 0.3) is 0 Å². The van der Waals surface area contributed by atoms with Crippen molar-refractivity contribution in [1.82, 2.24) is 9.97 Å². The fourth-order valence-electron chi connectivity index (χ4n) is 2.13. The minimum absolute atomic E-state index is 0.173. The normalized spacial score (nSPS) is 12.9. The summed E-state index contributed by atoms with van der Waals surface area (Å²) in [7, 11) is 0. The number of aromatic nitrogens is 2. The van der Waals surface area contributed by atoms with E-state index in [0.29, 0.717) is 12.4 Å². The van der Waals surface area contributed by atoms with Crippen LogP contribution in [0.5, 0.6) is 5.75 Å². The highest BCUT2D eigenvalue weighted by Gasteiger charge is 2.17. The fourth-order valence-corrected chi connectivity index (χ4v) is 2.68. The van der Waals surface area contributed by atoms with E-state index in [-0.39, 0.29) is 5.56 Å². The van der Waals surface area contributed by atoms with Crippen LogP contribution in [0.3, 0.4) is 0 Å². The van der Waals surface area contributed by atoms with Crippen molar-refractivity contribution in [1.29, 1.82) is 0 Å². The first-order chi connectivity index (χ1) is 9.22. The smallest absolute Gasteiger partial charge is 0.252 e. The number of ether oxygens (including phenoxy) is 1. The molecule has 2 N–H and O–H groups in total. The molecular formula is C13H12BrN3O2. The molecule has 0 saturated heterocycles. The summed E-state index contributed by atoms with van der Waals surface area (Å²) in [6.07, 6.45) is 2.32. The number of hydrogen-bond acceptors (Lipinski definition) is 4. The molecular weight excluding hydrogens is 310 g/mol. The molecule has 1 aliphatic rings. The summed E-state index contributed by atoms with van der Waals surface area (Å²) in [5, 5.41) is 3.13. The van der Waals surface area contributed by atoms with Crippen molar-refractivity contribution in [3.05, 3.63) is 50.5 Å². The first-order valence-corrected chi connectivity index (χ1v) is 6.74. The van der Waals surface area contributed by atoms with Crippen LogP contribution < -0.4 is 15.6 Å². The molecule has 1 aliphatic heterocycles. The van der Waals surface area contributed by atoms with Gasteiger partial charge < -0.3 is 15.0 Å². The number of hydrogen-bond donors (Lipinski definition) is 2. The molecule has 98 valence electrons. The van der Waals surface area contributed by atoms with Gasteiger partial charge >= 0.3 is 0 Å². The Bertz CT molecular complexity index is 669. The van der Waals surface area contributed by atoms with Gasteiger partial charge in [-0.15, -0.1) is 0 Å². The molecule has 6 heteroatoms. The third-order valence-electron chi connectivity index (χ3n) is 2.96. The van der Waals surface area contributed by atoms with Crippen LogP contribution >= 0.6 is 15.9 Å². The Kier molecular flexibility index (Phi) is 3.25. The summed E-state index contributed by atoms with van der Waals surface area (Å²) in [6, 6.07) is 5.53. The highest BCUT2D eigenvalue weighted by molar-refractivity contribution is 9.10. The second-order valence-corrected chi connectivity index (χ2v) is 5.22. The summed E-state index contributed by atoms with van der Waals surface area (Å²) in [4.78, 5) is 17.7. The Morgan fingerprint density at radius 1 is 1.42 bits per heavy atom. The largest absolute Gasteiger partial charge is 0.493 e. The predicted molar refractivity (Wildman–Crippen MR) is 75.5 cm³/mol. The number of benzene rings is 1. The van der Waals surface area contributed by atoms with E-state index in [9.17, 15) is 4.79 Å². The monoisotopic (exact) mass is 321 g/mol. The molecule has 0 fully saturated rings. The van der Waals surface area contributed by atoms with Gasteiger partial charge in [0.1, 0.15) is 11.6 Å². The molecule has 3 rings (SSSR count). The summed E-state index contributed by atoms with van der Waals surface area (Å²) < 4.78 is 6.68. The van der Waals surface area contributed by atoms with Crippen molar-refractivity contribution in [3.63, 3.8) is 0 Å². The Morgan fingerprint density at radius 2 is 2.32 bits per heavy atom. The SMILES string of the molecule is O=c1cc(NCc2cc(Br)cc3c2OCC3)nc[nH]1. The van der Waals surface area contributed by atoms with Gasteiger partial charge in [-0.2, -0.15) is 0 Å². The van der Waals surface area contributed by atoms with E-state index in [1.54, 1.807) is 0 Å². The molecule has 0 aliphatic carbocycles. The zero-order valence-electron chi connectivity index (χ0n) is 10.1. The van der Waals surface area contributed by atoms with E-state index in [2.05, 4.69) is 37.3 Å². The average molecular weight is 322 g/mol. The van der Waals surface area contributed by atoms with Crippen molar-refractivity contribution in [3.8, 4) is 5.75 Å². The first-order valence-electron chi connectivity index (χ1n) is 5.95. The van der Waals surface area contributed by atoms with Crippen molar-refractivity contribution in [2.45, 2.75) is 13.0 Å². The van der Waals surface area contributed by atoms with Crippen LogP contribution in [0.4, 0.5) is 5.82 Å². The Morgan fingerprint density at radius 3 is 3.16 bits per heavy atom. The minimum atomic E-state index is -0.173. The summed E-state index contributed by atoms with van der Waals surface area (Å²) in [5.74, 6) is 1.50. The van der Waals surface area contributed by atoms with Crippen molar-refractivity contribution >= 4 is 21.7 Å². The number of nitrogens with one attached hydrogen (secondary N) is 2. The third kappa shape index (κ3) is 2.63. The molecule has 0 spiro atoms. The molecule has 1 aromatic heterocycles. The molecule has 2 aromatic rings. The minimum Gasteiger partial charge on any atom is -0.493 e. The van der Waals surface area contributed by atoms with Crippen LogP contribution in [-0.4, -0.2) is 16.6 Å². The molecule has 1 aromatic carbocycles. The van der Waals surface area contributed by atoms with Gasteiger partial charge in [-0.3, -0.25) is 4.79 Å². The van der Waals surface area contributed by atoms with Crippen molar-refractivity contribution in [2.75, 3.05) is 11.9 Å². The molecule has 0 radical (unpaired) electrons. The van der Waals surface area contributed by atoms with Crippen LogP contribution in [0.1, 0.15) is 11.1 Å². The molecule has 2 heterocycles. The van der Waals surface area contributed by atoms with Crippen LogP contribution in [0.15, 0.2) is 33.8 Å². The summed E-state index contributed by atoms with van der Waals surface area (Å²) in [5.41, 5.74) is 2.10. The van der Waals surface area contributed by atoms with Crippen LogP contribution in [0.2, 0.25) is 0 Å². The van der Waals surface area contributed by atoms with Gasteiger partial charge in [0, 0.05) is 29.1 Å². The number of rotatable bonds is 3. The lowest BCUT2D eigenvalue weighted by Crippen LogP contribution is -2.09. The maximum Gasteiger partial charge on any atom is 0.252 e. The van der Waals surface area contributed by atoms with E-state index in [1.807, 2.05) is 6.07 Å². The average Bonchev–Trinajstić information content (AvgIpc) is 2.84.